The number of carbonyl (C=O) groups excluding carboxylic acids is 1. The maximum absolute atomic E-state index is 12.8. The summed E-state index contributed by atoms with van der Waals surface area (Å²) in [4.78, 5) is 11.6. The minimum absolute atomic E-state index is 0.283. The molecule has 1 atom stereocenters. The summed E-state index contributed by atoms with van der Waals surface area (Å²) in [6, 6.07) is 5.67. The fraction of sp³-hybridized carbons (Fsp3) is 0.500. The van der Waals surface area contributed by atoms with E-state index in [1.165, 1.54) is 18.6 Å². The fourth-order valence-corrected chi connectivity index (χ4v) is 2.61. The number of primary amides is 1. The normalized spacial score (nSPS) is 18.3. The number of hydrogen-bond acceptors (Lipinski definition) is 2. The first-order valence-corrected chi connectivity index (χ1v) is 6.48. The summed E-state index contributed by atoms with van der Waals surface area (Å²) in [6.45, 7) is 0. The van der Waals surface area contributed by atoms with Crippen molar-refractivity contribution < 1.29 is 9.18 Å². The molecule has 0 saturated heterocycles. The van der Waals surface area contributed by atoms with E-state index in [1.807, 2.05) is 0 Å². The van der Waals surface area contributed by atoms with E-state index in [2.05, 4.69) is 5.32 Å². The largest absolute Gasteiger partial charge is 0.373 e. The molecular formula is C14H19FN2O. The van der Waals surface area contributed by atoms with E-state index >= 15 is 0 Å². The Hall–Kier alpha value is -1.58. The summed E-state index contributed by atoms with van der Waals surface area (Å²) < 4.78 is 12.8. The van der Waals surface area contributed by atoms with E-state index in [0.717, 1.165) is 31.4 Å². The van der Waals surface area contributed by atoms with E-state index in [1.54, 1.807) is 12.1 Å². The number of halogens is 1. The second-order valence-corrected chi connectivity index (χ2v) is 4.93. The molecule has 2 rings (SSSR count). The van der Waals surface area contributed by atoms with Crippen LogP contribution in [-0.4, -0.2) is 11.9 Å². The van der Waals surface area contributed by atoms with Crippen LogP contribution in [0, 0.1) is 11.7 Å². The van der Waals surface area contributed by atoms with Gasteiger partial charge in [0.05, 0.1) is 0 Å². The highest BCUT2D eigenvalue weighted by Crippen LogP contribution is 2.28. The first-order valence-electron chi connectivity index (χ1n) is 6.48. The van der Waals surface area contributed by atoms with Gasteiger partial charge in [-0.15, -0.1) is 0 Å². The zero-order chi connectivity index (χ0) is 13.0. The molecule has 4 heteroatoms. The lowest BCUT2D eigenvalue weighted by atomic mass is 9.83. The van der Waals surface area contributed by atoms with Crippen LogP contribution in [-0.2, 0) is 4.79 Å². The lowest BCUT2D eigenvalue weighted by Crippen LogP contribution is -2.42. The van der Waals surface area contributed by atoms with Gasteiger partial charge in [0.25, 0.3) is 0 Å². The highest BCUT2D eigenvalue weighted by Gasteiger charge is 2.27. The minimum atomic E-state index is -0.351. The maximum Gasteiger partial charge on any atom is 0.240 e. The molecule has 0 radical (unpaired) electrons. The highest BCUT2D eigenvalue weighted by molar-refractivity contribution is 5.83. The van der Waals surface area contributed by atoms with Gasteiger partial charge in [-0.1, -0.05) is 19.3 Å². The number of rotatable bonds is 4. The van der Waals surface area contributed by atoms with Crippen molar-refractivity contribution in [1.82, 2.24) is 0 Å². The monoisotopic (exact) mass is 250 g/mol. The number of hydrogen-bond donors (Lipinski definition) is 2. The summed E-state index contributed by atoms with van der Waals surface area (Å²) in [7, 11) is 0. The van der Waals surface area contributed by atoms with Crippen LogP contribution in [0.1, 0.15) is 32.1 Å². The minimum Gasteiger partial charge on any atom is -0.373 e. The lowest BCUT2D eigenvalue weighted by molar-refractivity contribution is -0.120. The summed E-state index contributed by atoms with van der Waals surface area (Å²) in [6.07, 6.45) is 5.60. The maximum atomic E-state index is 12.8. The molecule has 1 aliphatic carbocycles. The first kappa shape index (κ1) is 12.9. The van der Waals surface area contributed by atoms with E-state index in [0.29, 0.717) is 5.92 Å². The molecule has 1 aromatic carbocycles. The smallest absolute Gasteiger partial charge is 0.240 e. The second kappa shape index (κ2) is 5.85. The summed E-state index contributed by atoms with van der Waals surface area (Å²) in [5.74, 6) is -0.318. The van der Waals surface area contributed by atoms with Gasteiger partial charge < -0.3 is 11.1 Å². The van der Waals surface area contributed by atoms with Crippen molar-refractivity contribution in [3.63, 3.8) is 0 Å². The van der Waals surface area contributed by atoms with Crippen LogP contribution >= 0.6 is 0 Å². The van der Waals surface area contributed by atoms with Gasteiger partial charge in [0.1, 0.15) is 11.9 Å². The van der Waals surface area contributed by atoms with Crippen LogP contribution in [0.5, 0.6) is 0 Å². The van der Waals surface area contributed by atoms with Gasteiger partial charge in [-0.25, -0.2) is 4.39 Å². The molecule has 1 unspecified atom stereocenters. The van der Waals surface area contributed by atoms with Crippen molar-refractivity contribution in [2.75, 3.05) is 5.32 Å². The quantitative estimate of drug-likeness (QED) is 0.863. The third kappa shape index (κ3) is 3.22. The Labute approximate surface area is 107 Å². The molecule has 0 heterocycles. The number of nitrogens with two attached hydrogens (primary N) is 1. The average molecular weight is 250 g/mol. The topological polar surface area (TPSA) is 55.1 Å². The van der Waals surface area contributed by atoms with Crippen LogP contribution in [0.4, 0.5) is 10.1 Å². The molecule has 1 fully saturated rings. The molecule has 1 amide bonds. The Bertz CT molecular complexity index is 399. The summed E-state index contributed by atoms with van der Waals surface area (Å²) in [5.41, 5.74) is 6.21. The van der Waals surface area contributed by atoms with Crippen LogP contribution in [0.15, 0.2) is 24.3 Å². The van der Waals surface area contributed by atoms with E-state index in [-0.39, 0.29) is 17.8 Å². The first-order chi connectivity index (χ1) is 8.66. The number of anilines is 1. The van der Waals surface area contributed by atoms with Crippen LogP contribution in [0.25, 0.3) is 0 Å². The third-order valence-electron chi connectivity index (χ3n) is 3.59. The Morgan fingerprint density at radius 2 is 1.83 bits per heavy atom. The van der Waals surface area contributed by atoms with Gasteiger partial charge in [-0.3, -0.25) is 4.79 Å². The Morgan fingerprint density at radius 3 is 2.39 bits per heavy atom. The Morgan fingerprint density at radius 1 is 1.22 bits per heavy atom. The van der Waals surface area contributed by atoms with Crippen molar-refractivity contribution in [3.05, 3.63) is 30.1 Å². The van der Waals surface area contributed by atoms with Gasteiger partial charge in [-0.05, 0) is 43.0 Å². The Balaban J connectivity index is 2.05. The molecule has 0 aromatic heterocycles. The predicted octanol–water partition coefficient (Wildman–Crippen LogP) is 2.67. The van der Waals surface area contributed by atoms with Gasteiger partial charge >= 0.3 is 0 Å². The van der Waals surface area contributed by atoms with Crippen molar-refractivity contribution in [1.29, 1.82) is 0 Å². The summed E-state index contributed by atoms with van der Waals surface area (Å²) in [5, 5.41) is 3.13. The molecule has 18 heavy (non-hydrogen) atoms. The molecule has 3 N–H and O–H groups in total. The zero-order valence-corrected chi connectivity index (χ0v) is 10.4. The van der Waals surface area contributed by atoms with Crippen LogP contribution < -0.4 is 11.1 Å². The molecule has 0 aliphatic heterocycles. The third-order valence-corrected chi connectivity index (χ3v) is 3.59. The van der Waals surface area contributed by atoms with Crippen molar-refractivity contribution in [2.24, 2.45) is 11.7 Å². The van der Waals surface area contributed by atoms with Crippen molar-refractivity contribution >= 4 is 11.6 Å². The molecule has 3 nitrogen and oxygen atoms in total. The Kier molecular flexibility index (Phi) is 4.18. The lowest BCUT2D eigenvalue weighted by Gasteiger charge is -2.29. The van der Waals surface area contributed by atoms with Gasteiger partial charge in [0.15, 0.2) is 0 Å². The fourth-order valence-electron chi connectivity index (χ4n) is 2.61. The molecule has 1 saturated carbocycles. The average Bonchev–Trinajstić information content (AvgIpc) is 2.38. The molecule has 1 aromatic rings. The number of nitrogens with one attached hydrogen (secondary N) is 1. The van der Waals surface area contributed by atoms with E-state index in [9.17, 15) is 9.18 Å². The second-order valence-electron chi connectivity index (χ2n) is 4.93. The van der Waals surface area contributed by atoms with Gasteiger partial charge in [0.2, 0.25) is 5.91 Å². The standard InChI is InChI=1S/C14H19FN2O/c15-11-6-8-12(9-7-11)17-13(14(16)18)10-4-2-1-3-5-10/h6-10,13,17H,1-5H2,(H2,16,18). The zero-order valence-electron chi connectivity index (χ0n) is 10.4. The van der Waals surface area contributed by atoms with E-state index in [4.69, 9.17) is 5.73 Å². The SMILES string of the molecule is NC(=O)C(Nc1ccc(F)cc1)C1CCCCC1. The van der Waals surface area contributed by atoms with Crippen LogP contribution in [0.3, 0.4) is 0 Å². The number of benzene rings is 1. The van der Waals surface area contributed by atoms with E-state index < -0.39 is 0 Å². The molecule has 1 aliphatic rings. The van der Waals surface area contributed by atoms with Crippen molar-refractivity contribution in [2.45, 2.75) is 38.1 Å². The molecular weight excluding hydrogens is 231 g/mol. The number of amides is 1. The highest BCUT2D eigenvalue weighted by atomic mass is 19.1. The number of carbonyl (C=O) groups is 1. The molecule has 98 valence electrons. The van der Waals surface area contributed by atoms with Crippen LogP contribution in [0.2, 0.25) is 0 Å². The van der Waals surface area contributed by atoms with Crippen molar-refractivity contribution in [3.8, 4) is 0 Å². The molecule has 0 bridgehead atoms. The molecule has 0 spiro atoms. The van der Waals surface area contributed by atoms with Gasteiger partial charge in [0, 0.05) is 5.69 Å². The van der Waals surface area contributed by atoms with Gasteiger partial charge in [-0.2, -0.15) is 0 Å². The predicted molar refractivity (Wildman–Crippen MR) is 69.6 cm³/mol. The summed E-state index contributed by atoms with van der Waals surface area (Å²) >= 11 is 0.